The number of anilines is 1. The van der Waals surface area contributed by atoms with Crippen LogP contribution in [0.5, 0.6) is 5.75 Å². The summed E-state index contributed by atoms with van der Waals surface area (Å²) in [6, 6.07) is 8.51. The van der Waals surface area contributed by atoms with Crippen molar-refractivity contribution in [3.8, 4) is 5.75 Å². The second-order valence-corrected chi connectivity index (χ2v) is 6.82. The Labute approximate surface area is 167 Å². The lowest BCUT2D eigenvalue weighted by molar-refractivity contribution is -0.384. The van der Waals surface area contributed by atoms with Crippen LogP contribution in [0.25, 0.3) is 6.08 Å². The quantitative estimate of drug-likeness (QED) is 0.331. The predicted octanol–water partition coefficient (Wildman–Crippen LogP) is 3.11. The van der Waals surface area contributed by atoms with Crippen molar-refractivity contribution in [3.63, 3.8) is 0 Å². The van der Waals surface area contributed by atoms with Gasteiger partial charge in [0, 0.05) is 6.07 Å². The Kier molecular flexibility index (Phi) is 5.59. The van der Waals surface area contributed by atoms with Crippen LogP contribution >= 0.6 is 11.8 Å². The van der Waals surface area contributed by atoms with Gasteiger partial charge in [-0.05, 0) is 41.6 Å². The van der Waals surface area contributed by atoms with E-state index in [1.165, 1.54) is 24.3 Å². The lowest BCUT2D eigenvalue weighted by atomic mass is 10.2. The third-order valence-electron chi connectivity index (χ3n) is 3.79. The third kappa shape index (κ3) is 4.58. The zero-order chi connectivity index (χ0) is 21.1. The standard InChI is InChI=1S/C18H12FN3O6S/c19-11-3-1-2-10(6-11)7-15-17(25)21(18(26)29-15)9-16(24)20-13-5-4-12(22(27)28)8-14(13)23/h1-8,23H,9H2,(H,20,24)/b15-7-. The Morgan fingerprint density at radius 2 is 2.03 bits per heavy atom. The van der Waals surface area contributed by atoms with Crippen molar-refractivity contribution in [3.05, 3.63) is 68.9 Å². The van der Waals surface area contributed by atoms with Crippen molar-refractivity contribution in [2.24, 2.45) is 0 Å². The van der Waals surface area contributed by atoms with Crippen molar-refractivity contribution in [1.82, 2.24) is 4.90 Å². The number of imide groups is 1. The second-order valence-electron chi connectivity index (χ2n) is 5.83. The summed E-state index contributed by atoms with van der Waals surface area (Å²) in [6.45, 7) is -0.623. The molecule has 29 heavy (non-hydrogen) atoms. The van der Waals surface area contributed by atoms with Crippen molar-refractivity contribution < 1.29 is 28.8 Å². The number of hydrogen-bond donors (Lipinski definition) is 2. The van der Waals surface area contributed by atoms with Gasteiger partial charge in [0.1, 0.15) is 18.1 Å². The highest BCUT2D eigenvalue weighted by Gasteiger charge is 2.36. The number of carbonyl (C=O) groups excluding carboxylic acids is 3. The lowest BCUT2D eigenvalue weighted by Gasteiger charge is -2.13. The van der Waals surface area contributed by atoms with Crippen LogP contribution in [0, 0.1) is 15.9 Å². The number of hydrogen-bond acceptors (Lipinski definition) is 7. The van der Waals surface area contributed by atoms with Gasteiger partial charge in [-0.3, -0.25) is 29.4 Å². The van der Waals surface area contributed by atoms with E-state index in [2.05, 4.69) is 5.32 Å². The molecule has 2 N–H and O–H groups in total. The minimum Gasteiger partial charge on any atom is -0.506 e. The molecular weight excluding hydrogens is 405 g/mol. The van der Waals surface area contributed by atoms with E-state index in [4.69, 9.17) is 0 Å². The van der Waals surface area contributed by atoms with E-state index in [1.54, 1.807) is 6.07 Å². The predicted molar refractivity (Wildman–Crippen MR) is 102 cm³/mol. The highest BCUT2D eigenvalue weighted by molar-refractivity contribution is 8.18. The van der Waals surface area contributed by atoms with Gasteiger partial charge in [0.15, 0.2) is 0 Å². The highest BCUT2D eigenvalue weighted by Crippen LogP contribution is 2.32. The number of nitrogens with zero attached hydrogens (tertiary/aromatic N) is 2. The maximum Gasteiger partial charge on any atom is 0.294 e. The molecule has 1 heterocycles. The molecule has 2 aromatic carbocycles. The van der Waals surface area contributed by atoms with E-state index in [9.17, 15) is 34.0 Å². The van der Waals surface area contributed by atoms with Gasteiger partial charge in [0.05, 0.1) is 21.6 Å². The minimum absolute atomic E-state index is 0.0339. The van der Waals surface area contributed by atoms with E-state index in [0.29, 0.717) is 22.2 Å². The Morgan fingerprint density at radius 1 is 1.28 bits per heavy atom. The molecule has 0 aliphatic carbocycles. The minimum atomic E-state index is -0.788. The zero-order valence-electron chi connectivity index (χ0n) is 14.5. The second kappa shape index (κ2) is 8.10. The number of benzene rings is 2. The number of rotatable bonds is 5. The summed E-state index contributed by atoms with van der Waals surface area (Å²) in [7, 11) is 0. The van der Waals surface area contributed by atoms with E-state index in [-0.39, 0.29) is 16.3 Å². The topological polar surface area (TPSA) is 130 Å². The first kappa shape index (κ1) is 20.0. The molecule has 1 fully saturated rings. The fraction of sp³-hybridized carbons (Fsp3) is 0.0556. The van der Waals surface area contributed by atoms with Crippen molar-refractivity contribution in [2.75, 3.05) is 11.9 Å². The fourth-order valence-electron chi connectivity index (χ4n) is 2.46. The molecule has 0 aromatic heterocycles. The number of phenols is 1. The Balaban J connectivity index is 1.70. The molecule has 9 nitrogen and oxygen atoms in total. The number of non-ortho nitro benzene ring substituents is 1. The van der Waals surface area contributed by atoms with Gasteiger partial charge in [-0.25, -0.2) is 4.39 Å². The molecule has 2 aromatic rings. The molecule has 0 bridgehead atoms. The maximum atomic E-state index is 13.3. The molecule has 1 aliphatic heterocycles. The fourth-order valence-corrected chi connectivity index (χ4v) is 3.29. The average Bonchev–Trinajstić information content (AvgIpc) is 2.90. The lowest BCUT2D eigenvalue weighted by Crippen LogP contribution is -2.36. The van der Waals surface area contributed by atoms with Gasteiger partial charge in [-0.15, -0.1) is 0 Å². The molecule has 148 valence electrons. The molecule has 0 unspecified atom stereocenters. The number of amides is 3. The normalized spacial score (nSPS) is 15.1. The van der Waals surface area contributed by atoms with Crippen LogP contribution in [0.2, 0.25) is 0 Å². The number of aromatic hydroxyl groups is 1. The average molecular weight is 417 g/mol. The number of nitrogens with one attached hydrogen (secondary N) is 1. The van der Waals surface area contributed by atoms with Gasteiger partial charge >= 0.3 is 0 Å². The van der Waals surface area contributed by atoms with Crippen LogP contribution in [-0.4, -0.2) is 38.5 Å². The molecular formula is C18H12FN3O6S. The summed E-state index contributed by atoms with van der Waals surface area (Å²) in [6.07, 6.45) is 1.34. The number of carbonyl (C=O) groups is 3. The molecule has 0 radical (unpaired) electrons. The van der Waals surface area contributed by atoms with Crippen LogP contribution < -0.4 is 5.32 Å². The van der Waals surface area contributed by atoms with Crippen molar-refractivity contribution in [2.45, 2.75) is 0 Å². The maximum absolute atomic E-state index is 13.3. The molecule has 0 atom stereocenters. The number of phenolic OH excluding ortho intramolecular Hbond substituents is 1. The molecule has 3 rings (SSSR count). The molecule has 3 amide bonds. The summed E-state index contributed by atoms with van der Waals surface area (Å²) in [5.74, 6) is -2.54. The number of nitro groups is 1. The van der Waals surface area contributed by atoms with Gasteiger partial charge in [0.25, 0.3) is 16.8 Å². The number of thioether (sulfide) groups is 1. The van der Waals surface area contributed by atoms with E-state index in [0.717, 1.165) is 18.2 Å². The van der Waals surface area contributed by atoms with Crippen LogP contribution in [0.3, 0.4) is 0 Å². The van der Waals surface area contributed by atoms with Crippen molar-refractivity contribution >= 4 is 46.3 Å². The molecule has 11 heteroatoms. The molecule has 0 saturated carbocycles. The first-order chi connectivity index (χ1) is 13.7. The Bertz CT molecular complexity index is 1070. The van der Waals surface area contributed by atoms with Gasteiger partial charge < -0.3 is 10.4 Å². The van der Waals surface area contributed by atoms with Crippen LogP contribution in [0.4, 0.5) is 20.6 Å². The van der Waals surface area contributed by atoms with Gasteiger partial charge in [-0.1, -0.05) is 12.1 Å². The van der Waals surface area contributed by atoms with Crippen LogP contribution in [-0.2, 0) is 9.59 Å². The first-order valence-corrected chi connectivity index (χ1v) is 8.84. The molecule has 0 spiro atoms. The number of nitro benzene ring substituents is 1. The smallest absolute Gasteiger partial charge is 0.294 e. The van der Waals surface area contributed by atoms with E-state index in [1.807, 2.05) is 0 Å². The van der Waals surface area contributed by atoms with Crippen molar-refractivity contribution in [1.29, 1.82) is 0 Å². The van der Waals surface area contributed by atoms with Crippen LogP contribution in [0.1, 0.15) is 5.56 Å². The summed E-state index contributed by atoms with van der Waals surface area (Å²) < 4.78 is 13.3. The molecule has 1 aliphatic rings. The number of halogens is 1. The summed E-state index contributed by atoms with van der Waals surface area (Å²) in [4.78, 5) is 47.3. The van der Waals surface area contributed by atoms with Gasteiger partial charge in [-0.2, -0.15) is 0 Å². The van der Waals surface area contributed by atoms with E-state index < -0.39 is 40.1 Å². The van der Waals surface area contributed by atoms with E-state index >= 15 is 0 Å². The molecule has 1 saturated heterocycles. The summed E-state index contributed by atoms with van der Waals surface area (Å²) >= 11 is 0.611. The van der Waals surface area contributed by atoms with Gasteiger partial charge in [0.2, 0.25) is 5.91 Å². The van der Waals surface area contributed by atoms with Crippen LogP contribution in [0.15, 0.2) is 47.4 Å². The first-order valence-electron chi connectivity index (χ1n) is 8.03. The summed E-state index contributed by atoms with van der Waals surface area (Å²) in [5, 5.41) is 22.0. The Hall–Kier alpha value is -3.73. The third-order valence-corrected chi connectivity index (χ3v) is 4.70. The SMILES string of the molecule is O=C(CN1C(=O)S/C(=C\c2cccc(F)c2)C1=O)Nc1ccc([N+](=O)[O-])cc1O. The largest absolute Gasteiger partial charge is 0.506 e. The summed E-state index contributed by atoms with van der Waals surface area (Å²) in [5.41, 5.74) is -0.0902. The zero-order valence-corrected chi connectivity index (χ0v) is 15.3. The highest BCUT2D eigenvalue weighted by atomic mass is 32.2. The Morgan fingerprint density at radius 3 is 2.69 bits per heavy atom. The monoisotopic (exact) mass is 417 g/mol.